The third-order valence-electron chi connectivity index (χ3n) is 3.30. The van der Waals surface area contributed by atoms with Gasteiger partial charge >= 0.3 is 0 Å². The van der Waals surface area contributed by atoms with Gasteiger partial charge in [-0.15, -0.1) is 0 Å². The summed E-state index contributed by atoms with van der Waals surface area (Å²) in [6.45, 7) is 4.98. The van der Waals surface area contributed by atoms with E-state index in [0.717, 1.165) is 6.42 Å². The van der Waals surface area contributed by atoms with Crippen LogP contribution in [0.2, 0.25) is 0 Å². The summed E-state index contributed by atoms with van der Waals surface area (Å²) in [5, 5.41) is 0. The monoisotopic (exact) mass is 239 g/mol. The fraction of sp³-hybridized carbons (Fsp3) is 0.294. The first-order valence-electron chi connectivity index (χ1n) is 6.63. The second kappa shape index (κ2) is 5.83. The first-order chi connectivity index (χ1) is 8.74. The highest BCUT2D eigenvalue weighted by Crippen LogP contribution is 2.25. The Bertz CT molecular complexity index is 529. The largest absolute Gasteiger partial charge is 0.326 e. The highest BCUT2D eigenvalue weighted by molar-refractivity contribution is 5.68. The third kappa shape index (κ3) is 2.80. The minimum Gasteiger partial charge on any atom is -0.326 e. The molecular weight excluding hydrogens is 218 g/mol. The topological polar surface area (TPSA) is 26.0 Å². The van der Waals surface area contributed by atoms with Gasteiger partial charge in [-0.25, -0.2) is 0 Å². The van der Waals surface area contributed by atoms with E-state index in [4.69, 9.17) is 5.73 Å². The van der Waals surface area contributed by atoms with Crippen LogP contribution in [0.3, 0.4) is 0 Å². The van der Waals surface area contributed by atoms with Crippen LogP contribution in [0, 0.1) is 6.92 Å². The molecule has 2 aromatic carbocycles. The summed E-state index contributed by atoms with van der Waals surface area (Å²) < 4.78 is 0. The second-order valence-electron chi connectivity index (χ2n) is 4.80. The van der Waals surface area contributed by atoms with Crippen molar-refractivity contribution in [1.29, 1.82) is 0 Å². The van der Waals surface area contributed by atoms with E-state index >= 15 is 0 Å². The fourth-order valence-electron chi connectivity index (χ4n) is 2.36. The van der Waals surface area contributed by atoms with Gasteiger partial charge in [0.1, 0.15) is 0 Å². The Hall–Kier alpha value is -1.60. The van der Waals surface area contributed by atoms with E-state index in [0.29, 0.717) is 6.54 Å². The molecule has 2 rings (SSSR count). The molecule has 0 radical (unpaired) electrons. The molecule has 0 heterocycles. The van der Waals surface area contributed by atoms with Crippen molar-refractivity contribution in [2.45, 2.75) is 33.2 Å². The van der Waals surface area contributed by atoms with E-state index in [1.165, 1.54) is 34.2 Å². The quantitative estimate of drug-likeness (QED) is 0.855. The van der Waals surface area contributed by atoms with E-state index in [1.807, 2.05) is 0 Å². The van der Waals surface area contributed by atoms with E-state index in [2.05, 4.69) is 56.3 Å². The smallest absolute Gasteiger partial charge is 0.0178 e. The number of aryl methyl sites for hydroxylation is 2. The summed E-state index contributed by atoms with van der Waals surface area (Å²) in [5.41, 5.74) is 12.2. The van der Waals surface area contributed by atoms with Gasteiger partial charge in [0.25, 0.3) is 0 Å². The Kier molecular flexibility index (Phi) is 4.16. The lowest BCUT2D eigenvalue weighted by molar-refractivity contribution is 0.922. The van der Waals surface area contributed by atoms with Crippen LogP contribution in [0.5, 0.6) is 0 Å². The molecule has 2 N–H and O–H groups in total. The van der Waals surface area contributed by atoms with E-state index in [1.54, 1.807) is 0 Å². The van der Waals surface area contributed by atoms with Crippen molar-refractivity contribution in [2.75, 3.05) is 0 Å². The number of nitrogens with two attached hydrogens (primary N) is 1. The molecule has 18 heavy (non-hydrogen) atoms. The molecule has 1 nitrogen and oxygen atoms in total. The molecule has 0 unspecified atom stereocenters. The second-order valence-corrected chi connectivity index (χ2v) is 4.80. The maximum atomic E-state index is 5.67. The SMILES string of the molecule is CCCc1cccc(-c2ccc(CN)cc2C)c1. The zero-order valence-electron chi connectivity index (χ0n) is 11.2. The molecule has 0 bridgehead atoms. The maximum Gasteiger partial charge on any atom is 0.0178 e. The first-order valence-corrected chi connectivity index (χ1v) is 6.63. The average molecular weight is 239 g/mol. The minimum absolute atomic E-state index is 0.608. The molecule has 94 valence electrons. The number of hydrogen-bond acceptors (Lipinski definition) is 1. The lowest BCUT2D eigenvalue weighted by Gasteiger charge is -2.09. The molecule has 0 saturated carbocycles. The van der Waals surface area contributed by atoms with Crippen molar-refractivity contribution >= 4 is 0 Å². The van der Waals surface area contributed by atoms with E-state index in [-0.39, 0.29) is 0 Å². The van der Waals surface area contributed by atoms with Gasteiger partial charge in [0, 0.05) is 6.54 Å². The number of rotatable bonds is 4. The van der Waals surface area contributed by atoms with Crippen LogP contribution in [-0.4, -0.2) is 0 Å². The van der Waals surface area contributed by atoms with Crippen LogP contribution >= 0.6 is 0 Å². The molecule has 0 aromatic heterocycles. The Balaban J connectivity index is 2.38. The lowest BCUT2D eigenvalue weighted by Crippen LogP contribution is -1.97. The Labute approximate surface area is 110 Å². The Morgan fingerprint density at radius 2 is 1.83 bits per heavy atom. The predicted octanol–water partition coefficient (Wildman–Crippen LogP) is 4.07. The fourth-order valence-corrected chi connectivity index (χ4v) is 2.36. The van der Waals surface area contributed by atoms with Gasteiger partial charge in [0.2, 0.25) is 0 Å². The van der Waals surface area contributed by atoms with E-state index < -0.39 is 0 Å². The highest BCUT2D eigenvalue weighted by Gasteiger charge is 2.03. The molecule has 0 spiro atoms. The van der Waals surface area contributed by atoms with Gasteiger partial charge in [-0.3, -0.25) is 0 Å². The normalized spacial score (nSPS) is 10.6. The number of benzene rings is 2. The maximum absolute atomic E-state index is 5.67. The predicted molar refractivity (Wildman–Crippen MR) is 78.5 cm³/mol. The Morgan fingerprint density at radius 1 is 1.00 bits per heavy atom. The minimum atomic E-state index is 0.608. The van der Waals surface area contributed by atoms with Crippen LogP contribution < -0.4 is 5.73 Å². The van der Waals surface area contributed by atoms with Gasteiger partial charge in [0.05, 0.1) is 0 Å². The van der Waals surface area contributed by atoms with Crippen LogP contribution in [0.15, 0.2) is 42.5 Å². The zero-order chi connectivity index (χ0) is 13.0. The molecule has 0 aliphatic heterocycles. The van der Waals surface area contributed by atoms with E-state index in [9.17, 15) is 0 Å². The van der Waals surface area contributed by atoms with Gasteiger partial charge in [0.15, 0.2) is 0 Å². The number of hydrogen-bond donors (Lipinski definition) is 1. The first kappa shape index (κ1) is 12.8. The van der Waals surface area contributed by atoms with Crippen LogP contribution in [-0.2, 0) is 13.0 Å². The third-order valence-corrected chi connectivity index (χ3v) is 3.30. The molecule has 2 aromatic rings. The van der Waals surface area contributed by atoms with Crippen molar-refractivity contribution in [2.24, 2.45) is 5.73 Å². The molecule has 0 atom stereocenters. The average Bonchev–Trinajstić information content (AvgIpc) is 2.39. The van der Waals surface area contributed by atoms with Crippen molar-refractivity contribution in [3.8, 4) is 11.1 Å². The lowest BCUT2D eigenvalue weighted by atomic mass is 9.96. The van der Waals surface area contributed by atoms with Crippen LogP contribution in [0.25, 0.3) is 11.1 Å². The summed E-state index contributed by atoms with van der Waals surface area (Å²) in [6, 6.07) is 15.3. The summed E-state index contributed by atoms with van der Waals surface area (Å²) >= 11 is 0. The van der Waals surface area contributed by atoms with Crippen molar-refractivity contribution in [1.82, 2.24) is 0 Å². The molecule has 1 heteroatoms. The van der Waals surface area contributed by atoms with Gasteiger partial charge in [-0.2, -0.15) is 0 Å². The standard InChI is InChI=1S/C17H21N/c1-3-5-14-6-4-7-16(11-14)17-9-8-15(12-18)10-13(17)2/h4,6-11H,3,5,12,18H2,1-2H3. The molecule has 0 aliphatic rings. The van der Waals surface area contributed by atoms with Gasteiger partial charge in [-0.1, -0.05) is 55.8 Å². The molecule has 0 amide bonds. The summed E-state index contributed by atoms with van der Waals surface area (Å²) in [7, 11) is 0. The zero-order valence-corrected chi connectivity index (χ0v) is 11.2. The van der Waals surface area contributed by atoms with Crippen molar-refractivity contribution in [3.63, 3.8) is 0 Å². The summed E-state index contributed by atoms with van der Waals surface area (Å²) in [5.74, 6) is 0. The molecule has 0 fully saturated rings. The van der Waals surface area contributed by atoms with Crippen LogP contribution in [0.1, 0.15) is 30.0 Å². The Morgan fingerprint density at radius 3 is 2.50 bits per heavy atom. The van der Waals surface area contributed by atoms with Gasteiger partial charge < -0.3 is 5.73 Å². The highest BCUT2D eigenvalue weighted by atomic mass is 14.5. The molecular formula is C17H21N. The van der Waals surface area contributed by atoms with Crippen molar-refractivity contribution in [3.05, 3.63) is 59.2 Å². The van der Waals surface area contributed by atoms with Crippen molar-refractivity contribution < 1.29 is 0 Å². The molecule has 0 saturated heterocycles. The summed E-state index contributed by atoms with van der Waals surface area (Å²) in [6.07, 6.45) is 2.34. The molecule has 0 aliphatic carbocycles. The van der Waals surface area contributed by atoms with Gasteiger partial charge in [-0.05, 0) is 41.2 Å². The summed E-state index contributed by atoms with van der Waals surface area (Å²) in [4.78, 5) is 0. The van der Waals surface area contributed by atoms with Crippen LogP contribution in [0.4, 0.5) is 0 Å².